The summed E-state index contributed by atoms with van der Waals surface area (Å²) in [5.41, 5.74) is 1.13. The SMILES string of the molecule is CCCC=CC1(C)CC(C)(C)C1. The molecule has 0 atom stereocenters. The van der Waals surface area contributed by atoms with E-state index in [4.69, 9.17) is 0 Å². The van der Waals surface area contributed by atoms with Gasteiger partial charge in [-0.05, 0) is 30.1 Å². The van der Waals surface area contributed by atoms with E-state index in [1.54, 1.807) is 0 Å². The maximum absolute atomic E-state index is 2.43. The summed E-state index contributed by atoms with van der Waals surface area (Å²) in [5, 5.41) is 0. The molecule has 0 heterocycles. The van der Waals surface area contributed by atoms with Crippen molar-refractivity contribution in [2.24, 2.45) is 10.8 Å². The van der Waals surface area contributed by atoms with E-state index < -0.39 is 0 Å². The van der Waals surface area contributed by atoms with Crippen molar-refractivity contribution < 1.29 is 0 Å². The highest BCUT2D eigenvalue weighted by Gasteiger charge is 2.43. The minimum absolute atomic E-state index is 0.526. The molecule has 0 aromatic carbocycles. The average molecular weight is 166 g/mol. The highest BCUT2D eigenvalue weighted by Crippen LogP contribution is 2.54. The van der Waals surface area contributed by atoms with Crippen LogP contribution in [-0.4, -0.2) is 0 Å². The van der Waals surface area contributed by atoms with E-state index >= 15 is 0 Å². The van der Waals surface area contributed by atoms with Gasteiger partial charge in [0.05, 0.1) is 0 Å². The van der Waals surface area contributed by atoms with Crippen LogP contribution in [0.15, 0.2) is 12.2 Å². The molecular formula is C12H22. The molecular weight excluding hydrogens is 144 g/mol. The van der Waals surface area contributed by atoms with Crippen molar-refractivity contribution in [2.45, 2.75) is 53.4 Å². The molecule has 1 fully saturated rings. The van der Waals surface area contributed by atoms with E-state index in [2.05, 4.69) is 39.8 Å². The van der Waals surface area contributed by atoms with Crippen LogP contribution >= 0.6 is 0 Å². The number of unbranched alkanes of at least 4 members (excludes halogenated alkanes) is 1. The van der Waals surface area contributed by atoms with Crippen LogP contribution in [0.3, 0.4) is 0 Å². The number of allylic oxidation sites excluding steroid dienone is 2. The highest BCUT2D eigenvalue weighted by atomic mass is 14.5. The average Bonchev–Trinajstić information content (AvgIpc) is 1.83. The molecule has 0 bridgehead atoms. The Morgan fingerprint density at radius 3 is 2.17 bits per heavy atom. The van der Waals surface area contributed by atoms with Gasteiger partial charge in [-0.15, -0.1) is 0 Å². The molecule has 0 radical (unpaired) electrons. The quantitative estimate of drug-likeness (QED) is 0.552. The van der Waals surface area contributed by atoms with Crippen LogP contribution in [0.5, 0.6) is 0 Å². The first kappa shape index (κ1) is 9.83. The fraction of sp³-hybridized carbons (Fsp3) is 0.833. The molecule has 0 heteroatoms. The maximum atomic E-state index is 2.43. The molecule has 1 aliphatic carbocycles. The molecule has 0 aliphatic heterocycles. The van der Waals surface area contributed by atoms with Crippen molar-refractivity contribution in [3.63, 3.8) is 0 Å². The van der Waals surface area contributed by atoms with Gasteiger partial charge in [-0.3, -0.25) is 0 Å². The first-order valence-corrected chi connectivity index (χ1v) is 5.15. The van der Waals surface area contributed by atoms with Gasteiger partial charge in [-0.2, -0.15) is 0 Å². The van der Waals surface area contributed by atoms with Crippen LogP contribution in [0.2, 0.25) is 0 Å². The van der Waals surface area contributed by atoms with Crippen molar-refractivity contribution in [1.29, 1.82) is 0 Å². The van der Waals surface area contributed by atoms with E-state index in [1.807, 2.05) is 0 Å². The summed E-state index contributed by atoms with van der Waals surface area (Å²) in [7, 11) is 0. The molecule has 0 aromatic rings. The van der Waals surface area contributed by atoms with Gasteiger partial charge in [0.15, 0.2) is 0 Å². The van der Waals surface area contributed by atoms with E-state index in [0.29, 0.717) is 10.8 Å². The summed E-state index contributed by atoms with van der Waals surface area (Å²) in [6, 6.07) is 0. The lowest BCUT2D eigenvalue weighted by atomic mass is 9.55. The van der Waals surface area contributed by atoms with E-state index in [0.717, 1.165) is 0 Å². The molecule has 70 valence electrons. The molecule has 0 saturated heterocycles. The zero-order valence-corrected chi connectivity index (χ0v) is 8.98. The van der Waals surface area contributed by atoms with Crippen LogP contribution < -0.4 is 0 Å². The minimum Gasteiger partial charge on any atom is -0.0880 e. The van der Waals surface area contributed by atoms with Crippen LogP contribution in [0.4, 0.5) is 0 Å². The summed E-state index contributed by atoms with van der Waals surface area (Å²) < 4.78 is 0. The lowest BCUT2D eigenvalue weighted by Crippen LogP contribution is -2.39. The zero-order chi connectivity index (χ0) is 9.24. The van der Waals surface area contributed by atoms with Gasteiger partial charge >= 0.3 is 0 Å². The largest absolute Gasteiger partial charge is 0.0880 e. The second kappa shape index (κ2) is 3.24. The third-order valence-corrected chi connectivity index (χ3v) is 2.74. The summed E-state index contributed by atoms with van der Waals surface area (Å²) in [6.45, 7) is 9.34. The van der Waals surface area contributed by atoms with Crippen molar-refractivity contribution >= 4 is 0 Å². The van der Waals surface area contributed by atoms with E-state index in [-0.39, 0.29) is 0 Å². The minimum atomic E-state index is 0.526. The fourth-order valence-electron chi connectivity index (χ4n) is 2.79. The Hall–Kier alpha value is -0.260. The predicted octanol–water partition coefficient (Wildman–Crippen LogP) is 4.17. The van der Waals surface area contributed by atoms with Crippen LogP contribution in [0, 0.1) is 10.8 Å². The summed E-state index contributed by atoms with van der Waals surface area (Å²) in [5.74, 6) is 0. The number of hydrogen-bond acceptors (Lipinski definition) is 0. The van der Waals surface area contributed by atoms with Crippen molar-refractivity contribution in [3.05, 3.63) is 12.2 Å². The van der Waals surface area contributed by atoms with Crippen molar-refractivity contribution in [3.8, 4) is 0 Å². The Bertz CT molecular complexity index is 166. The molecule has 0 unspecified atom stereocenters. The van der Waals surface area contributed by atoms with Crippen LogP contribution in [0.1, 0.15) is 53.4 Å². The molecule has 1 saturated carbocycles. The molecule has 1 aliphatic rings. The monoisotopic (exact) mass is 166 g/mol. The Balaban J connectivity index is 2.35. The molecule has 0 aromatic heterocycles. The normalized spacial score (nSPS) is 25.7. The van der Waals surface area contributed by atoms with Gasteiger partial charge in [0.1, 0.15) is 0 Å². The lowest BCUT2D eigenvalue weighted by Gasteiger charge is -2.50. The second-order valence-corrected chi connectivity index (χ2v) is 5.36. The molecule has 0 nitrogen and oxygen atoms in total. The summed E-state index contributed by atoms with van der Waals surface area (Å²) in [4.78, 5) is 0. The van der Waals surface area contributed by atoms with Gasteiger partial charge in [-0.1, -0.05) is 46.3 Å². The number of rotatable bonds is 3. The Labute approximate surface area is 77.1 Å². The zero-order valence-electron chi connectivity index (χ0n) is 8.98. The second-order valence-electron chi connectivity index (χ2n) is 5.36. The van der Waals surface area contributed by atoms with Gasteiger partial charge < -0.3 is 0 Å². The van der Waals surface area contributed by atoms with Gasteiger partial charge in [0.25, 0.3) is 0 Å². The molecule has 12 heavy (non-hydrogen) atoms. The van der Waals surface area contributed by atoms with Crippen LogP contribution in [0.25, 0.3) is 0 Å². The fourth-order valence-corrected chi connectivity index (χ4v) is 2.79. The first-order valence-electron chi connectivity index (χ1n) is 5.15. The van der Waals surface area contributed by atoms with Gasteiger partial charge in [0.2, 0.25) is 0 Å². The summed E-state index contributed by atoms with van der Waals surface area (Å²) >= 11 is 0. The van der Waals surface area contributed by atoms with E-state index in [1.165, 1.54) is 25.7 Å². The van der Waals surface area contributed by atoms with Crippen LogP contribution in [-0.2, 0) is 0 Å². The molecule has 0 N–H and O–H groups in total. The van der Waals surface area contributed by atoms with Gasteiger partial charge in [-0.25, -0.2) is 0 Å². The Morgan fingerprint density at radius 1 is 1.17 bits per heavy atom. The molecule has 1 rings (SSSR count). The smallest absolute Gasteiger partial charge is 0.0136 e. The summed E-state index contributed by atoms with van der Waals surface area (Å²) in [6.07, 6.45) is 10.0. The van der Waals surface area contributed by atoms with Crippen molar-refractivity contribution in [1.82, 2.24) is 0 Å². The predicted molar refractivity (Wildman–Crippen MR) is 55.2 cm³/mol. The standard InChI is InChI=1S/C12H22/c1-5-6-7-8-12(4)9-11(2,3)10-12/h7-8H,5-6,9-10H2,1-4H3. The molecule has 0 amide bonds. The first-order chi connectivity index (χ1) is 5.47. The highest BCUT2D eigenvalue weighted by molar-refractivity contribution is 5.08. The number of hydrogen-bond donors (Lipinski definition) is 0. The van der Waals surface area contributed by atoms with E-state index in [9.17, 15) is 0 Å². The molecule has 0 spiro atoms. The van der Waals surface area contributed by atoms with Crippen molar-refractivity contribution in [2.75, 3.05) is 0 Å². The topological polar surface area (TPSA) is 0 Å². The lowest BCUT2D eigenvalue weighted by molar-refractivity contribution is 0.0453. The third kappa shape index (κ3) is 2.36. The third-order valence-electron chi connectivity index (χ3n) is 2.74. The maximum Gasteiger partial charge on any atom is -0.0136 e. The van der Waals surface area contributed by atoms with Gasteiger partial charge in [0, 0.05) is 0 Å². The Morgan fingerprint density at radius 2 is 1.75 bits per heavy atom. The Kier molecular flexibility index (Phi) is 2.65.